The van der Waals surface area contributed by atoms with Gasteiger partial charge in [-0.2, -0.15) is 0 Å². The van der Waals surface area contributed by atoms with Crippen LogP contribution >= 0.6 is 15.9 Å². The minimum Gasteiger partial charge on any atom is -0.384 e. The maximum atomic E-state index is 10.9. The van der Waals surface area contributed by atoms with Gasteiger partial charge in [0.25, 0.3) is 0 Å². The lowest BCUT2D eigenvalue weighted by atomic mass is 9.87. The molecule has 1 atom stereocenters. The zero-order valence-corrected chi connectivity index (χ0v) is 14.3. The second-order valence-electron chi connectivity index (χ2n) is 5.58. The molecule has 2 aromatic carbocycles. The summed E-state index contributed by atoms with van der Waals surface area (Å²) in [6.07, 6.45) is -0.578. The summed E-state index contributed by atoms with van der Waals surface area (Å²) in [5.74, 6) is 0. The number of rotatable bonds is 2. The number of halogens is 1. The van der Waals surface area contributed by atoms with E-state index >= 15 is 0 Å². The zero-order chi connectivity index (χ0) is 15.0. The molecule has 1 nitrogen and oxygen atoms in total. The summed E-state index contributed by atoms with van der Waals surface area (Å²) in [4.78, 5) is 0. The van der Waals surface area contributed by atoms with Gasteiger partial charge in [-0.1, -0.05) is 28.1 Å². The summed E-state index contributed by atoms with van der Waals surface area (Å²) in [5.41, 5.74) is 7.95. The van der Waals surface area contributed by atoms with Gasteiger partial charge in [-0.3, -0.25) is 0 Å². The van der Waals surface area contributed by atoms with Crippen molar-refractivity contribution in [2.24, 2.45) is 0 Å². The first-order chi connectivity index (χ1) is 9.32. The number of aryl methyl sites for hydroxylation is 3. The van der Waals surface area contributed by atoms with Crippen LogP contribution in [0.5, 0.6) is 0 Å². The Bertz CT molecular complexity index is 633. The Kier molecular flexibility index (Phi) is 4.36. The van der Waals surface area contributed by atoms with E-state index in [1.165, 1.54) is 22.3 Å². The van der Waals surface area contributed by atoms with Gasteiger partial charge in [-0.05, 0) is 85.7 Å². The van der Waals surface area contributed by atoms with Gasteiger partial charge in [0.2, 0.25) is 0 Å². The molecule has 0 radical (unpaired) electrons. The van der Waals surface area contributed by atoms with Crippen LogP contribution in [0.3, 0.4) is 0 Å². The second kappa shape index (κ2) is 5.71. The minimum absolute atomic E-state index is 0.578. The molecule has 0 aliphatic rings. The van der Waals surface area contributed by atoms with Gasteiger partial charge < -0.3 is 5.11 Å². The van der Waals surface area contributed by atoms with E-state index in [4.69, 9.17) is 0 Å². The number of hydrogen-bond acceptors (Lipinski definition) is 1. The van der Waals surface area contributed by atoms with Crippen molar-refractivity contribution in [2.45, 2.75) is 40.7 Å². The Morgan fingerprint density at radius 2 is 1.40 bits per heavy atom. The van der Waals surface area contributed by atoms with E-state index in [0.717, 1.165) is 21.2 Å². The maximum absolute atomic E-state index is 10.9. The molecule has 2 heteroatoms. The van der Waals surface area contributed by atoms with Crippen LogP contribution in [0.2, 0.25) is 0 Å². The highest BCUT2D eigenvalue weighted by Gasteiger charge is 2.19. The molecule has 0 spiro atoms. The largest absolute Gasteiger partial charge is 0.384 e. The van der Waals surface area contributed by atoms with Crippen LogP contribution in [-0.2, 0) is 0 Å². The van der Waals surface area contributed by atoms with Crippen molar-refractivity contribution in [3.63, 3.8) is 0 Å². The van der Waals surface area contributed by atoms with E-state index in [1.54, 1.807) is 0 Å². The Labute approximate surface area is 129 Å². The first-order valence-corrected chi connectivity index (χ1v) is 7.63. The molecule has 0 amide bonds. The van der Waals surface area contributed by atoms with E-state index in [-0.39, 0.29) is 0 Å². The molecule has 0 heterocycles. The molecule has 0 bridgehead atoms. The predicted octanol–water partition coefficient (Wildman–Crippen LogP) is 5.07. The van der Waals surface area contributed by atoms with Gasteiger partial charge in [0, 0.05) is 4.47 Å². The average Bonchev–Trinajstić information content (AvgIpc) is 2.39. The third-order valence-corrected chi connectivity index (χ3v) is 4.73. The molecule has 0 saturated carbocycles. The molecule has 0 aliphatic carbocycles. The van der Waals surface area contributed by atoms with Crippen LogP contribution in [-0.4, -0.2) is 5.11 Å². The first-order valence-electron chi connectivity index (χ1n) is 6.84. The molecular weight excluding hydrogens is 312 g/mol. The summed E-state index contributed by atoms with van der Waals surface area (Å²) < 4.78 is 0.997. The van der Waals surface area contributed by atoms with Crippen LogP contribution in [0.25, 0.3) is 0 Å². The van der Waals surface area contributed by atoms with Crippen LogP contribution in [0.4, 0.5) is 0 Å². The highest BCUT2D eigenvalue weighted by atomic mass is 79.9. The molecule has 0 aromatic heterocycles. The molecule has 1 N–H and O–H groups in total. The van der Waals surface area contributed by atoms with E-state index < -0.39 is 6.10 Å². The topological polar surface area (TPSA) is 20.2 Å². The fourth-order valence-corrected chi connectivity index (χ4v) is 3.10. The molecule has 2 rings (SSSR count). The van der Waals surface area contributed by atoms with Crippen molar-refractivity contribution in [2.75, 3.05) is 0 Å². The minimum atomic E-state index is -0.578. The Morgan fingerprint density at radius 3 is 1.95 bits per heavy atom. The average molecular weight is 333 g/mol. The van der Waals surface area contributed by atoms with Crippen LogP contribution < -0.4 is 0 Å². The number of benzene rings is 2. The van der Waals surface area contributed by atoms with Crippen molar-refractivity contribution in [1.82, 2.24) is 0 Å². The Hall–Kier alpha value is -1.12. The molecule has 0 fully saturated rings. The molecule has 106 valence electrons. The SMILES string of the molecule is Cc1ccc(Br)cc1C(O)c1c(C)c(C)cc(C)c1C. The number of hydrogen-bond donors (Lipinski definition) is 1. The van der Waals surface area contributed by atoms with Gasteiger partial charge in [-0.25, -0.2) is 0 Å². The third kappa shape index (κ3) is 2.68. The molecular formula is C18H21BrO. The van der Waals surface area contributed by atoms with Crippen molar-refractivity contribution in [1.29, 1.82) is 0 Å². The van der Waals surface area contributed by atoms with Crippen LogP contribution in [0, 0.1) is 34.6 Å². The van der Waals surface area contributed by atoms with Crippen molar-refractivity contribution < 1.29 is 5.11 Å². The molecule has 20 heavy (non-hydrogen) atoms. The summed E-state index contributed by atoms with van der Waals surface area (Å²) >= 11 is 3.49. The van der Waals surface area contributed by atoms with Crippen molar-refractivity contribution in [3.05, 3.63) is 67.7 Å². The summed E-state index contributed by atoms with van der Waals surface area (Å²) in [6, 6.07) is 8.24. The summed E-state index contributed by atoms with van der Waals surface area (Å²) in [5, 5.41) is 10.9. The molecule has 1 unspecified atom stereocenters. The lowest BCUT2D eigenvalue weighted by molar-refractivity contribution is 0.217. The van der Waals surface area contributed by atoms with Gasteiger partial charge in [0.1, 0.15) is 6.10 Å². The Morgan fingerprint density at radius 1 is 0.850 bits per heavy atom. The maximum Gasteiger partial charge on any atom is 0.105 e. The molecule has 0 aliphatic heterocycles. The quantitative estimate of drug-likeness (QED) is 0.813. The number of aliphatic hydroxyl groups is 1. The van der Waals surface area contributed by atoms with E-state index in [0.29, 0.717) is 0 Å². The summed E-state index contributed by atoms with van der Waals surface area (Å²) in [6.45, 7) is 10.4. The van der Waals surface area contributed by atoms with E-state index in [2.05, 4.69) is 49.7 Å². The van der Waals surface area contributed by atoms with Gasteiger partial charge in [0.05, 0.1) is 0 Å². The van der Waals surface area contributed by atoms with E-state index in [9.17, 15) is 5.11 Å². The van der Waals surface area contributed by atoms with Crippen molar-refractivity contribution >= 4 is 15.9 Å². The smallest absolute Gasteiger partial charge is 0.105 e. The highest BCUT2D eigenvalue weighted by Crippen LogP contribution is 2.33. The predicted molar refractivity (Wildman–Crippen MR) is 88.3 cm³/mol. The number of aliphatic hydroxyl groups excluding tert-OH is 1. The van der Waals surface area contributed by atoms with E-state index in [1.807, 2.05) is 25.1 Å². The van der Waals surface area contributed by atoms with Crippen LogP contribution in [0.1, 0.15) is 45.0 Å². The van der Waals surface area contributed by atoms with Gasteiger partial charge >= 0.3 is 0 Å². The second-order valence-corrected chi connectivity index (χ2v) is 6.49. The Balaban J connectivity index is 2.65. The fourth-order valence-electron chi connectivity index (χ4n) is 2.72. The summed E-state index contributed by atoms with van der Waals surface area (Å²) in [7, 11) is 0. The lowest BCUT2D eigenvalue weighted by Gasteiger charge is -2.22. The fraction of sp³-hybridized carbons (Fsp3) is 0.333. The molecule has 2 aromatic rings. The lowest BCUT2D eigenvalue weighted by Crippen LogP contribution is -2.08. The highest BCUT2D eigenvalue weighted by molar-refractivity contribution is 9.10. The monoisotopic (exact) mass is 332 g/mol. The standard InChI is InChI=1S/C18H21BrO/c1-10-6-7-15(19)9-16(10)18(20)17-13(4)11(2)8-12(3)14(17)5/h6-9,18,20H,1-5H3. The van der Waals surface area contributed by atoms with Gasteiger partial charge in [-0.15, -0.1) is 0 Å². The first kappa shape index (κ1) is 15.3. The normalized spacial score (nSPS) is 12.6. The zero-order valence-electron chi connectivity index (χ0n) is 12.7. The van der Waals surface area contributed by atoms with Crippen LogP contribution in [0.15, 0.2) is 28.7 Å². The van der Waals surface area contributed by atoms with Gasteiger partial charge in [0.15, 0.2) is 0 Å². The molecule has 0 saturated heterocycles. The third-order valence-electron chi connectivity index (χ3n) is 4.23. The van der Waals surface area contributed by atoms with Crippen molar-refractivity contribution in [3.8, 4) is 0 Å².